The molecule has 0 spiro atoms. The maximum absolute atomic E-state index is 12.6. The molecule has 0 saturated carbocycles. The molecule has 1 aromatic heterocycles. The number of aromatic nitrogens is 1. The van der Waals surface area contributed by atoms with E-state index in [4.69, 9.17) is 10.5 Å². The van der Waals surface area contributed by atoms with Crippen LogP contribution < -0.4 is 15.8 Å². The lowest BCUT2D eigenvalue weighted by molar-refractivity contribution is 0.103. The lowest BCUT2D eigenvalue weighted by Gasteiger charge is -2.07. The Labute approximate surface area is 144 Å². The normalized spacial score (nSPS) is 10.4. The largest absolute Gasteiger partial charge is 0.494 e. The Morgan fingerprint density at radius 3 is 2.54 bits per heavy atom. The second-order valence-corrected chi connectivity index (χ2v) is 6.04. The summed E-state index contributed by atoms with van der Waals surface area (Å²) in [6, 6.07) is 16.8. The van der Waals surface area contributed by atoms with Crippen LogP contribution in [0.2, 0.25) is 0 Å². The van der Waals surface area contributed by atoms with Crippen molar-refractivity contribution in [1.29, 1.82) is 0 Å². The molecule has 6 heteroatoms. The molecule has 0 unspecified atom stereocenters. The number of hydrogen-bond acceptors (Lipinski definition) is 5. The predicted octanol–water partition coefficient (Wildman–Crippen LogP) is 4.04. The summed E-state index contributed by atoms with van der Waals surface area (Å²) < 4.78 is 5.39. The highest BCUT2D eigenvalue weighted by Gasteiger charge is 2.18. The smallest absolute Gasteiger partial charge is 0.268 e. The minimum atomic E-state index is -0.229. The second-order valence-electron chi connectivity index (χ2n) is 5.01. The standard InChI is InChI=1S/C18H17N3O2S/c1-2-23-14-10-8-13(9-11-14)20-17(22)16-15(21-18(19)24-16)12-6-4-3-5-7-12/h3-11H,2H2,1H3,(H2,19,21)(H,20,22). The molecule has 0 aliphatic carbocycles. The molecule has 1 heterocycles. The van der Waals surface area contributed by atoms with Crippen LogP contribution in [0.25, 0.3) is 11.3 Å². The van der Waals surface area contributed by atoms with Crippen molar-refractivity contribution in [3.63, 3.8) is 0 Å². The monoisotopic (exact) mass is 339 g/mol. The number of thiazole rings is 1. The van der Waals surface area contributed by atoms with E-state index in [9.17, 15) is 4.79 Å². The lowest BCUT2D eigenvalue weighted by atomic mass is 10.1. The predicted molar refractivity (Wildman–Crippen MR) is 97.5 cm³/mol. The molecule has 2 aromatic carbocycles. The molecule has 3 aromatic rings. The van der Waals surface area contributed by atoms with E-state index in [2.05, 4.69) is 10.3 Å². The topological polar surface area (TPSA) is 77.2 Å². The molecule has 0 aliphatic heterocycles. The molecule has 3 rings (SSSR count). The highest BCUT2D eigenvalue weighted by atomic mass is 32.1. The molecule has 5 nitrogen and oxygen atoms in total. The fourth-order valence-corrected chi connectivity index (χ4v) is 3.02. The first-order valence-electron chi connectivity index (χ1n) is 7.53. The molecule has 0 aliphatic rings. The van der Waals surface area contributed by atoms with Crippen molar-refractivity contribution in [1.82, 2.24) is 4.98 Å². The van der Waals surface area contributed by atoms with Crippen LogP contribution in [0.1, 0.15) is 16.6 Å². The van der Waals surface area contributed by atoms with Gasteiger partial charge in [0, 0.05) is 11.3 Å². The number of amides is 1. The molecule has 0 saturated heterocycles. The number of nitrogens with one attached hydrogen (secondary N) is 1. The fourth-order valence-electron chi connectivity index (χ4n) is 2.27. The van der Waals surface area contributed by atoms with E-state index in [1.165, 1.54) is 11.3 Å². The minimum absolute atomic E-state index is 0.229. The van der Waals surface area contributed by atoms with Crippen molar-refractivity contribution in [2.75, 3.05) is 17.7 Å². The van der Waals surface area contributed by atoms with Crippen LogP contribution in [-0.2, 0) is 0 Å². The van der Waals surface area contributed by atoms with E-state index in [1.807, 2.05) is 49.4 Å². The van der Waals surface area contributed by atoms with Crippen molar-refractivity contribution in [2.45, 2.75) is 6.92 Å². The molecule has 0 fully saturated rings. The fraction of sp³-hybridized carbons (Fsp3) is 0.111. The summed E-state index contributed by atoms with van der Waals surface area (Å²) in [7, 11) is 0. The number of hydrogen-bond donors (Lipinski definition) is 2. The Kier molecular flexibility index (Phi) is 4.77. The number of carbonyl (C=O) groups is 1. The average Bonchev–Trinajstić information content (AvgIpc) is 3.00. The summed E-state index contributed by atoms with van der Waals surface area (Å²) in [6.07, 6.45) is 0. The maximum Gasteiger partial charge on any atom is 0.268 e. The Bertz CT molecular complexity index is 829. The van der Waals surface area contributed by atoms with Crippen LogP contribution in [0.3, 0.4) is 0 Å². The van der Waals surface area contributed by atoms with Gasteiger partial charge in [-0.3, -0.25) is 4.79 Å². The summed E-state index contributed by atoms with van der Waals surface area (Å²) in [5.41, 5.74) is 7.96. The number of rotatable bonds is 5. The van der Waals surface area contributed by atoms with Crippen molar-refractivity contribution in [2.24, 2.45) is 0 Å². The highest BCUT2D eigenvalue weighted by Crippen LogP contribution is 2.30. The number of ether oxygens (including phenoxy) is 1. The van der Waals surface area contributed by atoms with Gasteiger partial charge in [-0.05, 0) is 31.2 Å². The first-order valence-corrected chi connectivity index (χ1v) is 8.35. The van der Waals surface area contributed by atoms with Gasteiger partial charge in [-0.2, -0.15) is 0 Å². The van der Waals surface area contributed by atoms with Crippen molar-refractivity contribution < 1.29 is 9.53 Å². The minimum Gasteiger partial charge on any atom is -0.494 e. The third kappa shape index (κ3) is 3.55. The van der Waals surface area contributed by atoms with Crippen LogP contribution in [-0.4, -0.2) is 17.5 Å². The van der Waals surface area contributed by atoms with Gasteiger partial charge in [-0.25, -0.2) is 4.98 Å². The van der Waals surface area contributed by atoms with Crippen molar-refractivity contribution in [3.05, 3.63) is 59.5 Å². The van der Waals surface area contributed by atoms with Gasteiger partial charge in [0.15, 0.2) is 5.13 Å². The van der Waals surface area contributed by atoms with Crippen molar-refractivity contribution >= 4 is 28.1 Å². The van der Waals surface area contributed by atoms with Crippen LogP contribution in [0, 0.1) is 0 Å². The van der Waals surface area contributed by atoms with E-state index >= 15 is 0 Å². The first-order chi connectivity index (χ1) is 11.7. The Morgan fingerprint density at radius 2 is 1.88 bits per heavy atom. The number of nitrogen functional groups attached to an aromatic ring is 1. The van der Waals surface area contributed by atoms with Gasteiger partial charge in [-0.1, -0.05) is 41.7 Å². The number of carbonyl (C=O) groups excluding carboxylic acids is 1. The maximum atomic E-state index is 12.6. The number of nitrogens with zero attached hydrogens (tertiary/aromatic N) is 1. The zero-order chi connectivity index (χ0) is 16.9. The summed E-state index contributed by atoms with van der Waals surface area (Å²) in [4.78, 5) is 17.4. The molecule has 0 bridgehead atoms. The summed E-state index contributed by atoms with van der Waals surface area (Å²) in [5, 5.41) is 3.24. The zero-order valence-corrected chi connectivity index (χ0v) is 14.0. The molecule has 122 valence electrons. The number of anilines is 2. The molecule has 0 atom stereocenters. The van der Waals surface area contributed by atoms with Gasteiger partial charge in [0.1, 0.15) is 10.6 Å². The third-order valence-electron chi connectivity index (χ3n) is 3.32. The summed E-state index contributed by atoms with van der Waals surface area (Å²) >= 11 is 1.18. The van der Waals surface area contributed by atoms with Gasteiger partial charge in [0.05, 0.1) is 12.3 Å². The van der Waals surface area contributed by atoms with E-state index in [0.29, 0.717) is 28.0 Å². The Balaban J connectivity index is 1.83. The second kappa shape index (κ2) is 7.14. The van der Waals surface area contributed by atoms with Crippen LogP contribution in [0.5, 0.6) is 5.75 Å². The van der Waals surface area contributed by atoms with E-state index in [0.717, 1.165) is 11.3 Å². The third-order valence-corrected chi connectivity index (χ3v) is 4.20. The van der Waals surface area contributed by atoms with E-state index in [1.54, 1.807) is 12.1 Å². The number of benzene rings is 2. The van der Waals surface area contributed by atoms with Crippen LogP contribution >= 0.6 is 11.3 Å². The Morgan fingerprint density at radius 1 is 1.17 bits per heavy atom. The van der Waals surface area contributed by atoms with Gasteiger partial charge < -0.3 is 15.8 Å². The SMILES string of the molecule is CCOc1ccc(NC(=O)c2sc(N)nc2-c2ccccc2)cc1. The zero-order valence-electron chi connectivity index (χ0n) is 13.2. The Hall–Kier alpha value is -2.86. The van der Waals surface area contributed by atoms with E-state index < -0.39 is 0 Å². The highest BCUT2D eigenvalue weighted by molar-refractivity contribution is 7.17. The first kappa shape index (κ1) is 16.0. The number of nitrogens with two attached hydrogens (primary N) is 1. The molecular weight excluding hydrogens is 322 g/mol. The molecule has 0 radical (unpaired) electrons. The molecule has 24 heavy (non-hydrogen) atoms. The van der Waals surface area contributed by atoms with Crippen molar-refractivity contribution in [3.8, 4) is 17.0 Å². The van der Waals surface area contributed by atoms with Gasteiger partial charge in [0.25, 0.3) is 5.91 Å². The van der Waals surface area contributed by atoms with Gasteiger partial charge in [-0.15, -0.1) is 0 Å². The van der Waals surface area contributed by atoms with Crippen LogP contribution in [0.4, 0.5) is 10.8 Å². The molecular formula is C18H17N3O2S. The van der Waals surface area contributed by atoms with Crippen LogP contribution in [0.15, 0.2) is 54.6 Å². The van der Waals surface area contributed by atoms with Gasteiger partial charge >= 0.3 is 0 Å². The molecule has 1 amide bonds. The quantitative estimate of drug-likeness (QED) is 0.735. The molecule has 3 N–H and O–H groups in total. The van der Waals surface area contributed by atoms with E-state index in [-0.39, 0.29) is 5.91 Å². The lowest BCUT2D eigenvalue weighted by Crippen LogP contribution is -2.11. The average molecular weight is 339 g/mol. The summed E-state index contributed by atoms with van der Waals surface area (Å²) in [6.45, 7) is 2.53. The summed E-state index contributed by atoms with van der Waals surface area (Å²) in [5.74, 6) is 0.537. The van der Waals surface area contributed by atoms with Gasteiger partial charge in [0.2, 0.25) is 0 Å².